The van der Waals surface area contributed by atoms with Gasteiger partial charge in [0.05, 0.1) is 14.2 Å². The second-order valence-electron chi connectivity index (χ2n) is 26.1. The molecule has 3 aliphatic carbocycles. The highest BCUT2D eigenvalue weighted by atomic mass is 16.5. The standard InChI is InChI=1S/C87H72N2O2/c1-85(2)79-49-57(25-27-59-31-45-75-77-47-37-69(55-83(77)86(3,4)81(75)51-59)88(65-33-39-71(90-7)40-34-65)67-23-15-21-63(53-67)61-17-11-9-12-18-61)29-43-73(79)74-44-30-58(50-80(74)85)26-28-60-32-46-76-78-48-38-70(56-84(78)87(5,6)82(76)52-60)89(66-35-41-72(91-8)42-36-66)68-24-16-22-64(54-68)62-19-13-10-14-20-62/h9-56H,1-8H3. The number of hydrogen-bond donors (Lipinski definition) is 0. The van der Waals surface area contributed by atoms with Crippen LogP contribution in [0, 0.1) is 0 Å². The molecule has 0 radical (unpaired) electrons. The van der Waals surface area contributed by atoms with Crippen LogP contribution < -0.4 is 19.3 Å². The Kier molecular flexibility index (Phi) is 14.0. The fraction of sp³-hybridized carbons (Fsp3) is 0.126. The Morgan fingerprint density at radius 1 is 0.242 bits per heavy atom. The fourth-order valence-corrected chi connectivity index (χ4v) is 14.6. The monoisotopic (exact) mass is 1180 g/mol. The molecule has 0 aliphatic heterocycles. The van der Waals surface area contributed by atoms with Crippen molar-refractivity contribution in [2.75, 3.05) is 24.0 Å². The summed E-state index contributed by atoms with van der Waals surface area (Å²) in [6, 6.07) is 97.7. The van der Waals surface area contributed by atoms with E-state index in [1.807, 2.05) is 24.3 Å². The first-order valence-corrected chi connectivity index (χ1v) is 31.7. The first-order valence-electron chi connectivity index (χ1n) is 31.7. The fourth-order valence-electron chi connectivity index (χ4n) is 14.6. The molecule has 0 saturated carbocycles. The molecule has 442 valence electrons. The largest absolute Gasteiger partial charge is 0.497 e. The number of nitrogens with zero attached hydrogens (tertiary/aromatic N) is 2. The van der Waals surface area contributed by atoms with E-state index in [0.29, 0.717) is 0 Å². The molecule has 15 rings (SSSR count). The Morgan fingerprint density at radius 3 is 0.813 bits per heavy atom. The van der Waals surface area contributed by atoms with E-state index in [4.69, 9.17) is 9.47 Å². The quantitative estimate of drug-likeness (QED) is 0.101. The molecule has 12 aromatic carbocycles. The number of hydrogen-bond acceptors (Lipinski definition) is 4. The normalized spacial score (nSPS) is 14.1. The van der Waals surface area contributed by atoms with Crippen molar-refractivity contribution in [1.82, 2.24) is 0 Å². The molecule has 0 aromatic heterocycles. The van der Waals surface area contributed by atoms with Crippen LogP contribution in [-0.2, 0) is 16.2 Å². The van der Waals surface area contributed by atoms with Crippen LogP contribution in [0.5, 0.6) is 11.5 Å². The molecule has 0 unspecified atom stereocenters. The van der Waals surface area contributed by atoms with Gasteiger partial charge in [-0.3, -0.25) is 0 Å². The van der Waals surface area contributed by atoms with Gasteiger partial charge in [0.2, 0.25) is 0 Å². The number of benzene rings is 12. The summed E-state index contributed by atoms with van der Waals surface area (Å²) in [6.45, 7) is 14.3. The second-order valence-corrected chi connectivity index (χ2v) is 26.1. The molecule has 4 heteroatoms. The SMILES string of the molecule is COc1ccc(N(c2cccc(-c3ccccc3)c2)c2ccc3c(c2)C(C)(C)c2cc(C=Cc4ccc5c(c4)C(C)(C)c4cc(C=Cc6ccc7c(c6)C(C)(C)c6cc(N(c8ccc(OC)cc8)c8cccc(-c9ccccc9)c8)ccc6-7)ccc4-5)ccc2-3)cc1. The van der Waals surface area contributed by atoms with Gasteiger partial charge in [0.25, 0.3) is 0 Å². The van der Waals surface area contributed by atoms with Crippen molar-refractivity contribution in [2.45, 2.75) is 57.8 Å². The number of methoxy groups -OCH3 is 2. The van der Waals surface area contributed by atoms with E-state index in [2.05, 4.69) is 318 Å². The molecule has 0 heterocycles. The minimum absolute atomic E-state index is 0.176. The van der Waals surface area contributed by atoms with Gasteiger partial charge in [-0.1, -0.05) is 236 Å². The third-order valence-corrected chi connectivity index (χ3v) is 19.6. The highest BCUT2D eigenvalue weighted by molar-refractivity contribution is 5.91. The van der Waals surface area contributed by atoms with Crippen molar-refractivity contribution in [2.24, 2.45) is 0 Å². The van der Waals surface area contributed by atoms with Gasteiger partial charge < -0.3 is 19.3 Å². The Hall–Kier alpha value is -10.7. The van der Waals surface area contributed by atoms with Gasteiger partial charge in [-0.15, -0.1) is 0 Å². The van der Waals surface area contributed by atoms with Crippen molar-refractivity contribution in [3.63, 3.8) is 0 Å². The van der Waals surface area contributed by atoms with Crippen LogP contribution in [-0.4, -0.2) is 14.2 Å². The average molecular weight is 1180 g/mol. The summed E-state index contributed by atoms with van der Waals surface area (Å²) < 4.78 is 11.2. The van der Waals surface area contributed by atoms with Gasteiger partial charge in [0, 0.05) is 50.4 Å². The molecule has 12 aromatic rings. The molecule has 0 N–H and O–H groups in total. The molecule has 0 spiro atoms. The van der Waals surface area contributed by atoms with Crippen LogP contribution in [0.15, 0.2) is 267 Å². The number of anilines is 6. The van der Waals surface area contributed by atoms with Crippen LogP contribution in [0.2, 0.25) is 0 Å². The Balaban J connectivity index is 0.662. The van der Waals surface area contributed by atoms with Crippen molar-refractivity contribution in [1.29, 1.82) is 0 Å². The van der Waals surface area contributed by atoms with E-state index >= 15 is 0 Å². The van der Waals surface area contributed by atoms with Crippen molar-refractivity contribution < 1.29 is 9.47 Å². The summed E-state index contributed by atoms with van der Waals surface area (Å²) in [7, 11) is 3.43. The minimum Gasteiger partial charge on any atom is -0.497 e. The lowest BCUT2D eigenvalue weighted by atomic mass is 9.81. The number of fused-ring (bicyclic) bond motifs is 9. The zero-order valence-electron chi connectivity index (χ0n) is 52.9. The molecule has 0 fully saturated rings. The molecule has 0 amide bonds. The molecule has 0 saturated heterocycles. The van der Waals surface area contributed by atoms with Crippen LogP contribution in [0.1, 0.15) is 97.2 Å². The lowest BCUT2D eigenvalue weighted by molar-refractivity contribution is 0.414. The van der Waals surface area contributed by atoms with Gasteiger partial charge in [-0.2, -0.15) is 0 Å². The lowest BCUT2D eigenvalue weighted by Crippen LogP contribution is -2.16. The first-order chi connectivity index (χ1) is 44.2. The van der Waals surface area contributed by atoms with Gasteiger partial charge in [0.1, 0.15) is 11.5 Å². The summed E-state index contributed by atoms with van der Waals surface area (Å²) in [6.07, 6.45) is 9.15. The van der Waals surface area contributed by atoms with Crippen molar-refractivity contribution >= 4 is 58.4 Å². The van der Waals surface area contributed by atoms with E-state index in [9.17, 15) is 0 Å². The highest BCUT2D eigenvalue weighted by Gasteiger charge is 2.39. The average Bonchev–Trinajstić information content (AvgIpc) is 1.89. The van der Waals surface area contributed by atoms with E-state index in [0.717, 1.165) is 45.6 Å². The Labute approximate surface area is 536 Å². The van der Waals surface area contributed by atoms with Gasteiger partial charge in [-0.05, 0) is 208 Å². The van der Waals surface area contributed by atoms with Crippen LogP contribution in [0.4, 0.5) is 34.1 Å². The third kappa shape index (κ3) is 10.0. The van der Waals surface area contributed by atoms with E-state index in [1.54, 1.807) is 14.2 Å². The maximum absolute atomic E-state index is 5.59. The van der Waals surface area contributed by atoms with Crippen molar-refractivity contribution in [3.8, 4) is 67.1 Å². The van der Waals surface area contributed by atoms with Crippen LogP contribution in [0.3, 0.4) is 0 Å². The predicted molar refractivity (Wildman–Crippen MR) is 383 cm³/mol. The van der Waals surface area contributed by atoms with Crippen molar-refractivity contribution in [3.05, 3.63) is 323 Å². The predicted octanol–water partition coefficient (Wildman–Crippen LogP) is 23.2. The highest BCUT2D eigenvalue weighted by Crippen LogP contribution is 2.54. The summed E-state index contributed by atoms with van der Waals surface area (Å²) >= 11 is 0. The van der Waals surface area contributed by atoms with E-state index in [1.165, 1.54) is 111 Å². The first kappa shape index (κ1) is 56.8. The Bertz CT molecular complexity index is 4550. The second kappa shape index (κ2) is 22.4. The zero-order valence-corrected chi connectivity index (χ0v) is 52.9. The van der Waals surface area contributed by atoms with Crippen LogP contribution in [0.25, 0.3) is 79.9 Å². The molecule has 3 aliphatic rings. The van der Waals surface area contributed by atoms with Gasteiger partial charge in [-0.25, -0.2) is 0 Å². The van der Waals surface area contributed by atoms with Gasteiger partial charge >= 0.3 is 0 Å². The Morgan fingerprint density at radius 2 is 0.505 bits per heavy atom. The lowest BCUT2D eigenvalue weighted by Gasteiger charge is -2.28. The summed E-state index contributed by atoms with van der Waals surface area (Å²) in [4.78, 5) is 4.73. The minimum atomic E-state index is -0.226. The topological polar surface area (TPSA) is 24.9 Å². The van der Waals surface area contributed by atoms with Gasteiger partial charge in [0.15, 0.2) is 0 Å². The molecular formula is C87H72N2O2. The molecule has 4 nitrogen and oxygen atoms in total. The van der Waals surface area contributed by atoms with E-state index < -0.39 is 0 Å². The maximum atomic E-state index is 5.59. The molecular weight excluding hydrogens is 1100 g/mol. The van der Waals surface area contributed by atoms with Crippen LogP contribution >= 0.6 is 0 Å². The molecule has 0 atom stereocenters. The number of ether oxygens (including phenoxy) is 2. The summed E-state index contributed by atoms with van der Waals surface area (Å²) in [5.74, 6) is 1.66. The zero-order chi connectivity index (χ0) is 62.2. The van der Waals surface area contributed by atoms with E-state index in [-0.39, 0.29) is 16.2 Å². The summed E-state index contributed by atoms with van der Waals surface area (Å²) in [5.41, 5.74) is 31.3. The smallest absolute Gasteiger partial charge is 0.119 e. The maximum Gasteiger partial charge on any atom is 0.119 e. The third-order valence-electron chi connectivity index (χ3n) is 19.6. The number of rotatable bonds is 14. The molecule has 91 heavy (non-hydrogen) atoms. The summed E-state index contributed by atoms with van der Waals surface area (Å²) in [5, 5.41) is 0. The molecule has 0 bridgehead atoms.